The Morgan fingerprint density at radius 2 is 2.00 bits per heavy atom. The molecule has 1 aromatic carbocycles. The van der Waals surface area contributed by atoms with Gasteiger partial charge in [-0.25, -0.2) is 4.68 Å². The number of aryl methyl sites for hydroxylation is 1. The molecule has 2 rings (SSSR count). The van der Waals surface area contributed by atoms with Crippen molar-refractivity contribution < 1.29 is 0 Å². The van der Waals surface area contributed by atoms with Crippen LogP contribution in [0.5, 0.6) is 0 Å². The van der Waals surface area contributed by atoms with Crippen molar-refractivity contribution in [2.75, 3.05) is 11.9 Å². The molecular formula is C15H23N5. The van der Waals surface area contributed by atoms with Crippen molar-refractivity contribution in [2.45, 2.75) is 46.0 Å². The molecule has 0 bridgehead atoms. The second-order valence-electron chi connectivity index (χ2n) is 5.10. The monoisotopic (exact) mass is 273 g/mol. The fraction of sp³-hybridized carbons (Fsp3) is 0.533. The molecule has 0 aliphatic carbocycles. The molecule has 1 aromatic heterocycles. The Hall–Kier alpha value is -1.91. The summed E-state index contributed by atoms with van der Waals surface area (Å²) >= 11 is 0. The van der Waals surface area contributed by atoms with Crippen molar-refractivity contribution in [3.8, 4) is 5.69 Å². The number of nitrogens with one attached hydrogen (secondary N) is 1. The normalized spacial score (nSPS) is 10.7. The number of hydrogen-bond donors (Lipinski definition) is 1. The molecule has 0 saturated carbocycles. The molecule has 0 amide bonds. The molecule has 5 nitrogen and oxygen atoms in total. The summed E-state index contributed by atoms with van der Waals surface area (Å²) in [6.45, 7) is 5.35. The zero-order valence-electron chi connectivity index (χ0n) is 12.3. The number of anilines is 1. The predicted octanol–water partition coefficient (Wildman–Crippen LogP) is 3.35. The van der Waals surface area contributed by atoms with Crippen LogP contribution in [0.2, 0.25) is 0 Å². The van der Waals surface area contributed by atoms with E-state index in [9.17, 15) is 0 Å². The summed E-state index contributed by atoms with van der Waals surface area (Å²) in [6.07, 6.45) is 8.14. The van der Waals surface area contributed by atoms with Gasteiger partial charge in [0.25, 0.3) is 0 Å². The van der Waals surface area contributed by atoms with Gasteiger partial charge in [-0.1, -0.05) is 32.6 Å². The van der Waals surface area contributed by atoms with E-state index in [0.717, 1.165) is 23.5 Å². The molecule has 0 saturated heterocycles. The van der Waals surface area contributed by atoms with E-state index in [-0.39, 0.29) is 0 Å². The van der Waals surface area contributed by atoms with Gasteiger partial charge in [0.2, 0.25) is 0 Å². The smallest absolute Gasteiger partial charge is 0.143 e. The number of benzene rings is 1. The van der Waals surface area contributed by atoms with Crippen molar-refractivity contribution in [3.63, 3.8) is 0 Å². The van der Waals surface area contributed by atoms with Crippen LogP contribution < -0.4 is 5.32 Å². The lowest BCUT2D eigenvalue weighted by molar-refractivity contribution is 0.645. The largest absolute Gasteiger partial charge is 0.385 e. The Morgan fingerprint density at radius 3 is 2.70 bits per heavy atom. The zero-order valence-corrected chi connectivity index (χ0v) is 12.3. The minimum Gasteiger partial charge on any atom is -0.385 e. The molecule has 5 heteroatoms. The van der Waals surface area contributed by atoms with Gasteiger partial charge in [0, 0.05) is 12.2 Å². The van der Waals surface area contributed by atoms with Gasteiger partial charge in [0.05, 0.1) is 5.69 Å². The van der Waals surface area contributed by atoms with Gasteiger partial charge >= 0.3 is 0 Å². The van der Waals surface area contributed by atoms with E-state index in [1.54, 1.807) is 11.0 Å². The molecule has 1 N–H and O–H groups in total. The number of rotatable bonds is 8. The van der Waals surface area contributed by atoms with Crippen LogP contribution in [-0.4, -0.2) is 26.8 Å². The molecule has 2 aromatic rings. The number of hydrogen-bond acceptors (Lipinski definition) is 4. The first-order valence-corrected chi connectivity index (χ1v) is 7.39. The van der Waals surface area contributed by atoms with Gasteiger partial charge in [-0.05, 0) is 47.5 Å². The first-order valence-electron chi connectivity index (χ1n) is 7.39. The quantitative estimate of drug-likeness (QED) is 0.749. The van der Waals surface area contributed by atoms with Gasteiger partial charge in [-0.3, -0.25) is 0 Å². The molecule has 0 fully saturated rings. The topological polar surface area (TPSA) is 55.6 Å². The summed E-state index contributed by atoms with van der Waals surface area (Å²) < 4.78 is 1.68. The number of tetrazole rings is 1. The van der Waals surface area contributed by atoms with Crippen LogP contribution in [0.25, 0.3) is 5.69 Å². The van der Waals surface area contributed by atoms with Crippen molar-refractivity contribution in [1.29, 1.82) is 0 Å². The van der Waals surface area contributed by atoms with E-state index in [1.165, 1.54) is 32.1 Å². The van der Waals surface area contributed by atoms with E-state index in [4.69, 9.17) is 0 Å². The van der Waals surface area contributed by atoms with Crippen molar-refractivity contribution in [1.82, 2.24) is 20.2 Å². The third-order valence-electron chi connectivity index (χ3n) is 3.40. The van der Waals surface area contributed by atoms with E-state index < -0.39 is 0 Å². The SMILES string of the molecule is CCCCCCCNc1ccc(-n2cnnn2)c(C)c1. The highest BCUT2D eigenvalue weighted by molar-refractivity contribution is 5.53. The highest BCUT2D eigenvalue weighted by Crippen LogP contribution is 2.18. The zero-order chi connectivity index (χ0) is 14.2. The van der Waals surface area contributed by atoms with Gasteiger partial charge in [-0.2, -0.15) is 0 Å². The number of nitrogens with zero attached hydrogens (tertiary/aromatic N) is 4. The summed E-state index contributed by atoms with van der Waals surface area (Å²) in [4.78, 5) is 0. The molecule has 0 unspecified atom stereocenters. The van der Waals surface area contributed by atoms with Crippen molar-refractivity contribution in [2.24, 2.45) is 0 Å². The summed E-state index contributed by atoms with van der Waals surface area (Å²) in [5.41, 5.74) is 3.34. The van der Waals surface area contributed by atoms with Gasteiger partial charge in [-0.15, -0.1) is 5.10 Å². The van der Waals surface area contributed by atoms with Gasteiger partial charge in [0.15, 0.2) is 0 Å². The molecule has 0 radical (unpaired) electrons. The Balaban J connectivity index is 1.83. The number of aromatic nitrogens is 4. The average molecular weight is 273 g/mol. The number of unbranched alkanes of at least 4 members (excludes halogenated alkanes) is 4. The first-order chi connectivity index (χ1) is 9.81. The second-order valence-corrected chi connectivity index (χ2v) is 5.10. The molecule has 0 aliphatic heterocycles. The van der Waals surface area contributed by atoms with Crippen LogP contribution >= 0.6 is 0 Å². The van der Waals surface area contributed by atoms with Crippen LogP contribution in [0.15, 0.2) is 24.5 Å². The summed E-state index contributed by atoms with van der Waals surface area (Å²) in [6, 6.07) is 6.27. The van der Waals surface area contributed by atoms with Crippen molar-refractivity contribution >= 4 is 5.69 Å². The maximum Gasteiger partial charge on any atom is 0.143 e. The molecule has 108 valence electrons. The molecule has 20 heavy (non-hydrogen) atoms. The van der Waals surface area contributed by atoms with E-state index in [1.807, 2.05) is 6.07 Å². The molecule has 0 aliphatic rings. The first kappa shape index (κ1) is 14.5. The van der Waals surface area contributed by atoms with Crippen molar-refractivity contribution in [3.05, 3.63) is 30.1 Å². The van der Waals surface area contributed by atoms with E-state index in [0.29, 0.717) is 0 Å². The van der Waals surface area contributed by atoms with Crippen LogP contribution in [0, 0.1) is 6.92 Å². The van der Waals surface area contributed by atoms with Crippen LogP contribution in [-0.2, 0) is 0 Å². The summed E-state index contributed by atoms with van der Waals surface area (Å²) in [7, 11) is 0. The van der Waals surface area contributed by atoms with Crippen LogP contribution in [0.4, 0.5) is 5.69 Å². The standard InChI is InChI=1S/C15H23N5/c1-3-4-5-6-7-10-16-14-8-9-15(13(2)11-14)20-12-17-18-19-20/h8-9,11-12,16H,3-7,10H2,1-2H3. The average Bonchev–Trinajstić information content (AvgIpc) is 2.97. The minimum absolute atomic E-state index is 1.02. The molecule has 0 spiro atoms. The fourth-order valence-corrected chi connectivity index (χ4v) is 2.26. The Morgan fingerprint density at radius 1 is 1.15 bits per heavy atom. The lowest BCUT2D eigenvalue weighted by atomic mass is 10.1. The Labute approximate surface area is 120 Å². The Kier molecular flexibility index (Phi) is 5.53. The third kappa shape index (κ3) is 4.05. The van der Waals surface area contributed by atoms with Gasteiger partial charge < -0.3 is 5.32 Å². The highest BCUT2D eigenvalue weighted by Gasteiger charge is 2.03. The lowest BCUT2D eigenvalue weighted by Gasteiger charge is -2.10. The lowest BCUT2D eigenvalue weighted by Crippen LogP contribution is -2.03. The molecule has 0 atom stereocenters. The summed E-state index contributed by atoms with van der Waals surface area (Å²) in [5.74, 6) is 0. The Bertz CT molecular complexity index is 507. The maximum atomic E-state index is 3.92. The van der Waals surface area contributed by atoms with E-state index >= 15 is 0 Å². The second kappa shape index (κ2) is 7.62. The maximum absolute atomic E-state index is 3.92. The molecule has 1 heterocycles. The summed E-state index contributed by atoms with van der Waals surface area (Å²) in [5, 5.41) is 14.7. The predicted molar refractivity (Wildman–Crippen MR) is 81.1 cm³/mol. The van der Waals surface area contributed by atoms with Gasteiger partial charge in [0.1, 0.15) is 6.33 Å². The minimum atomic E-state index is 1.02. The van der Waals surface area contributed by atoms with E-state index in [2.05, 4.69) is 46.8 Å². The highest BCUT2D eigenvalue weighted by atomic mass is 15.5. The third-order valence-corrected chi connectivity index (χ3v) is 3.40. The van der Waals surface area contributed by atoms with Crippen LogP contribution in [0.3, 0.4) is 0 Å². The van der Waals surface area contributed by atoms with Crippen LogP contribution in [0.1, 0.15) is 44.6 Å². The fourth-order valence-electron chi connectivity index (χ4n) is 2.26. The molecular weight excluding hydrogens is 250 g/mol.